The third-order valence-corrected chi connectivity index (χ3v) is 13.1. The van der Waals surface area contributed by atoms with Crippen LogP contribution in [0.3, 0.4) is 0 Å². The first-order valence-electron chi connectivity index (χ1n) is 15.8. The number of halogens is 1. The van der Waals surface area contributed by atoms with Crippen molar-refractivity contribution >= 4 is 5.91 Å². The van der Waals surface area contributed by atoms with Gasteiger partial charge in [-0.15, -0.1) is 0 Å². The van der Waals surface area contributed by atoms with Gasteiger partial charge < -0.3 is 10.0 Å². The molecule has 0 bridgehead atoms. The second-order valence-corrected chi connectivity index (χ2v) is 14.9. The van der Waals surface area contributed by atoms with E-state index in [1.807, 2.05) is 11.8 Å². The summed E-state index contributed by atoms with van der Waals surface area (Å²) in [4.78, 5) is 14.9. The normalized spacial score (nSPS) is 38.0. The zero-order valence-corrected chi connectivity index (χ0v) is 25.6. The van der Waals surface area contributed by atoms with E-state index in [2.05, 4.69) is 41.5 Å². The van der Waals surface area contributed by atoms with Crippen LogP contribution >= 0.6 is 0 Å². The highest BCUT2D eigenvalue weighted by Gasteiger charge is 2.63. The van der Waals surface area contributed by atoms with E-state index in [1.165, 1.54) is 44.6 Å². The molecule has 0 radical (unpaired) electrons. The Hall–Kier alpha value is -1.68. The maximum atomic E-state index is 14.3. The van der Waals surface area contributed by atoms with E-state index in [4.69, 9.17) is 0 Å². The van der Waals surface area contributed by atoms with Crippen LogP contribution in [0.1, 0.15) is 117 Å². The van der Waals surface area contributed by atoms with Crippen LogP contribution in [0.15, 0.2) is 35.4 Å². The molecule has 4 heteroatoms. The van der Waals surface area contributed by atoms with Crippen molar-refractivity contribution in [2.24, 2.45) is 39.4 Å². The molecule has 0 saturated heterocycles. The fourth-order valence-corrected chi connectivity index (χ4v) is 10.4. The number of nitrogens with zero attached hydrogens (tertiary/aromatic N) is 1. The average Bonchev–Trinajstić information content (AvgIpc) is 3.18. The van der Waals surface area contributed by atoms with Gasteiger partial charge in [0.15, 0.2) is 0 Å². The van der Waals surface area contributed by atoms with Gasteiger partial charge >= 0.3 is 0 Å². The molecule has 0 spiro atoms. The van der Waals surface area contributed by atoms with Crippen LogP contribution in [-0.4, -0.2) is 35.1 Å². The maximum Gasteiger partial charge on any atom is 0.256 e. The third kappa shape index (κ3) is 4.25. The van der Waals surface area contributed by atoms with Gasteiger partial charge in [-0.05, 0) is 116 Å². The number of rotatable bonds is 6. The number of aliphatic hydroxyl groups excluding tert-OH is 1. The fraction of sp³-hybridized carbons (Fsp3) is 0.743. The van der Waals surface area contributed by atoms with Crippen molar-refractivity contribution in [1.82, 2.24) is 4.90 Å². The third-order valence-electron chi connectivity index (χ3n) is 13.1. The number of hydrogen-bond donors (Lipinski definition) is 1. The Morgan fingerprint density at radius 1 is 1.03 bits per heavy atom. The van der Waals surface area contributed by atoms with E-state index in [1.54, 1.807) is 29.3 Å². The molecule has 5 rings (SSSR count). The van der Waals surface area contributed by atoms with E-state index < -0.39 is 5.82 Å². The first-order chi connectivity index (χ1) is 18.3. The van der Waals surface area contributed by atoms with Gasteiger partial charge in [-0.1, -0.05) is 64.8 Å². The van der Waals surface area contributed by atoms with Crippen LogP contribution in [0.4, 0.5) is 4.39 Å². The molecule has 4 aliphatic carbocycles. The van der Waals surface area contributed by atoms with E-state index in [0.717, 1.165) is 19.3 Å². The van der Waals surface area contributed by atoms with Crippen molar-refractivity contribution in [1.29, 1.82) is 0 Å². The Bertz CT molecular complexity index is 1140. The zero-order valence-electron chi connectivity index (χ0n) is 25.6. The molecule has 0 heterocycles. The fourth-order valence-electron chi connectivity index (χ4n) is 10.4. The predicted molar refractivity (Wildman–Crippen MR) is 157 cm³/mol. The summed E-state index contributed by atoms with van der Waals surface area (Å²) in [6, 6.07) is 6.35. The average molecular weight is 538 g/mol. The summed E-state index contributed by atoms with van der Waals surface area (Å²) in [6.07, 6.45) is 10.2. The summed E-state index contributed by atoms with van der Waals surface area (Å²) in [5.74, 6) is 1.08. The molecule has 0 aliphatic heterocycles. The molecule has 216 valence electrons. The van der Waals surface area contributed by atoms with Crippen LogP contribution in [0.25, 0.3) is 0 Å². The number of carbonyl (C=O) groups excluding carboxylic acids is 1. The second kappa shape index (κ2) is 10.00. The number of benzene rings is 1. The monoisotopic (exact) mass is 537 g/mol. The van der Waals surface area contributed by atoms with Gasteiger partial charge in [-0.2, -0.15) is 0 Å². The van der Waals surface area contributed by atoms with Gasteiger partial charge in [0.25, 0.3) is 5.91 Å². The largest absolute Gasteiger partial charge is 0.393 e. The highest BCUT2D eigenvalue weighted by atomic mass is 19.1. The first-order valence-corrected chi connectivity index (χ1v) is 15.8. The number of aliphatic hydroxyl groups is 1. The summed E-state index contributed by atoms with van der Waals surface area (Å²) < 4.78 is 14.3. The number of fused-ring (bicyclic) bond motifs is 4. The number of hydrogen-bond acceptors (Lipinski definition) is 2. The molecule has 2 fully saturated rings. The second-order valence-electron chi connectivity index (χ2n) is 14.9. The quantitative estimate of drug-likeness (QED) is 0.370. The van der Waals surface area contributed by atoms with Gasteiger partial charge in [-0.3, -0.25) is 4.79 Å². The van der Waals surface area contributed by atoms with Gasteiger partial charge in [-0.25, -0.2) is 4.39 Å². The minimum absolute atomic E-state index is 0.0227. The zero-order chi connectivity index (χ0) is 28.4. The van der Waals surface area contributed by atoms with Crippen molar-refractivity contribution in [3.63, 3.8) is 0 Å². The van der Waals surface area contributed by atoms with Crippen LogP contribution in [0.2, 0.25) is 0 Å². The van der Waals surface area contributed by atoms with E-state index >= 15 is 0 Å². The molecule has 0 aromatic heterocycles. The van der Waals surface area contributed by atoms with Crippen molar-refractivity contribution in [2.75, 3.05) is 13.1 Å². The highest BCUT2D eigenvalue weighted by Crippen LogP contribution is 2.72. The van der Waals surface area contributed by atoms with Gasteiger partial charge in [0.2, 0.25) is 0 Å². The molecule has 4 aliphatic rings. The molecule has 1 N–H and O–H groups in total. The lowest BCUT2D eigenvalue weighted by Crippen LogP contribution is -2.55. The topological polar surface area (TPSA) is 40.5 Å². The van der Waals surface area contributed by atoms with Gasteiger partial charge in [0.1, 0.15) is 5.82 Å². The van der Waals surface area contributed by atoms with E-state index in [9.17, 15) is 14.3 Å². The number of allylic oxidation sites excluding steroid dienone is 2. The molecule has 1 aromatic rings. The SMILES string of the molecule is CCN(CC[C@@H](C)[C@H]1CC[C@@]2(C)C3=C(CC[C@]12C)[C@@]1(C)CC[C@H](O)C(C)(C)[C@@H]1CC3)C(=O)c1ccccc1F. The van der Waals surface area contributed by atoms with Crippen LogP contribution < -0.4 is 0 Å². The van der Waals surface area contributed by atoms with Crippen molar-refractivity contribution < 1.29 is 14.3 Å². The smallest absolute Gasteiger partial charge is 0.256 e. The molecule has 0 unspecified atom stereocenters. The molecular weight excluding hydrogens is 485 g/mol. The van der Waals surface area contributed by atoms with Crippen molar-refractivity contribution in [3.8, 4) is 0 Å². The summed E-state index contributed by atoms with van der Waals surface area (Å²) in [5.41, 5.74) is 4.43. The Kier molecular flexibility index (Phi) is 7.39. The Morgan fingerprint density at radius 2 is 1.74 bits per heavy atom. The van der Waals surface area contributed by atoms with Crippen LogP contribution in [-0.2, 0) is 0 Å². The number of carbonyl (C=O) groups is 1. The standard InChI is InChI=1S/C35H52FNO2/c1-8-37(31(39)24-11-9-10-12-28(24)36)22-18-23(2)25-15-20-35(7)27-13-14-29-32(3,4)30(38)17-19-33(29,5)26(27)16-21-34(25,35)6/h9-12,23,25,29-30,38H,8,13-22H2,1-7H3/t23-,25-,29+,30+,33-,34-,35+/m1/s1. The highest BCUT2D eigenvalue weighted by molar-refractivity contribution is 5.94. The first kappa shape index (κ1) is 28.8. The number of amides is 1. The van der Waals surface area contributed by atoms with E-state index in [-0.39, 0.29) is 39.2 Å². The molecule has 1 amide bonds. The summed E-state index contributed by atoms with van der Waals surface area (Å²) in [5, 5.41) is 10.9. The minimum Gasteiger partial charge on any atom is -0.393 e. The Morgan fingerprint density at radius 3 is 2.44 bits per heavy atom. The Labute approximate surface area is 236 Å². The molecule has 39 heavy (non-hydrogen) atoms. The molecular formula is C35H52FNO2. The molecule has 7 atom stereocenters. The van der Waals surface area contributed by atoms with Gasteiger partial charge in [0.05, 0.1) is 11.7 Å². The lowest BCUT2D eigenvalue weighted by Gasteiger charge is -2.62. The molecule has 3 nitrogen and oxygen atoms in total. The minimum atomic E-state index is -0.432. The summed E-state index contributed by atoms with van der Waals surface area (Å²) >= 11 is 0. The lowest BCUT2D eigenvalue weighted by molar-refractivity contribution is -0.0962. The van der Waals surface area contributed by atoms with Crippen LogP contribution in [0.5, 0.6) is 0 Å². The van der Waals surface area contributed by atoms with Crippen molar-refractivity contribution in [2.45, 2.75) is 112 Å². The lowest BCUT2D eigenvalue weighted by atomic mass is 9.43. The van der Waals surface area contributed by atoms with Crippen LogP contribution in [0, 0.1) is 45.2 Å². The Balaban J connectivity index is 1.34. The van der Waals surface area contributed by atoms with Gasteiger partial charge in [0, 0.05) is 13.1 Å². The summed E-state index contributed by atoms with van der Waals surface area (Å²) in [6.45, 7) is 18.0. The molecule has 2 saturated carbocycles. The summed E-state index contributed by atoms with van der Waals surface area (Å²) in [7, 11) is 0. The molecule has 1 aromatic carbocycles. The van der Waals surface area contributed by atoms with E-state index in [0.29, 0.717) is 30.8 Å². The van der Waals surface area contributed by atoms with Crippen molar-refractivity contribution in [3.05, 3.63) is 46.8 Å². The predicted octanol–water partition coefficient (Wildman–Crippen LogP) is 8.42. The maximum absolute atomic E-state index is 14.3.